The molecule has 0 radical (unpaired) electrons. The van der Waals surface area contributed by atoms with Crippen LogP contribution in [0.3, 0.4) is 0 Å². The molecule has 1 rings (SSSR count). The summed E-state index contributed by atoms with van der Waals surface area (Å²) < 4.78 is 0. The van der Waals surface area contributed by atoms with Crippen LogP contribution in [0.1, 0.15) is 5.56 Å². The second kappa shape index (κ2) is 4.83. The van der Waals surface area contributed by atoms with Crippen molar-refractivity contribution in [2.75, 3.05) is 11.7 Å². The highest BCUT2D eigenvalue weighted by Gasteiger charge is 2.12. The summed E-state index contributed by atoms with van der Waals surface area (Å²) in [6.45, 7) is 0. The van der Waals surface area contributed by atoms with Crippen molar-refractivity contribution < 1.29 is 4.92 Å². The highest BCUT2D eigenvalue weighted by atomic mass is 32.2. The summed E-state index contributed by atoms with van der Waals surface area (Å²) >= 11 is 1.65. The van der Waals surface area contributed by atoms with E-state index in [2.05, 4.69) is 5.43 Å². The topological polar surface area (TPSA) is 81.2 Å². The lowest BCUT2D eigenvalue weighted by Gasteiger charge is -2.04. The van der Waals surface area contributed by atoms with Gasteiger partial charge >= 0.3 is 0 Å². The van der Waals surface area contributed by atoms with Crippen molar-refractivity contribution >= 4 is 23.1 Å². The molecular weight excluding hydrogens is 202 g/mol. The van der Waals surface area contributed by atoms with Crippen LogP contribution in [0.25, 0.3) is 0 Å². The van der Waals surface area contributed by atoms with E-state index in [-0.39, 0.29) is 5.69 Å². The molecule has 0 atom stereocenters. The van der Waals surface area contributed by atoms with Crippen molar-refractivity contribution in [1.29, 1.82) is 0 Å². The third-order valence-electron chi connectivity index (χ3n) is 1.72. The maximum Gasteiger partial charge on any atom is 0.293 e. The Hall–Kier alpha value is -1.27. The van der Waals surface area contributed by atoms with Crippen molar-refractivity contribution in [2.45, 2.75) is 5.75 Å². The molecule has 5 nitrogen and oxygen atoms in total. The maximum absolute atomic E-state index is 10.6. The Morgan fingerprint density at radius 2 is 2.36 bits per heavy atom. The molecular formula is C8H11N3O2S. The monoisotopic (exact) mass is 213 g/mol. The van der Waals surface area contributed by atoms with Gasteiger partial charge in [0.1, 0.15) is 5.69 Å². The van der Waals surface area contributed by atoms with Crippen LogP contribution in [0, 0.1) is 10.1 Å². The van der Waals surface area contributed by atoms with Gasteiger partial charge in [-0.25, -0.2) is 0 Å². The molecule has 1 aromatic rings. The highest BCUT2D eigenvalue weighted by molar-refractivity contribution is 7.97. The van der Waals surface area contributed by atoms with Crippen molar-refractivity contribution in [2.24, 2.45) is 5.84 Å². The lowest BCUT2D eigenvalue weighted by atomic mass is 10.2. The number of nitrogen functional groups attached to an aromatic ring is 1. The molecule has 14 heavy (non-hydrogen) atoms. The number of nitro benzene ring substituents is 1. The van der Waals surface area contributed by atoms with Crippen LogP contribution in [0.2, 0.25) is 0 Å². The van der Waals surface area contributed by atoms with E-state index < -0.39 is 4.92 Å². The number of hydrogen-bond acceptors (Lipinski definition) is 5. The molecule has 0 saturated carbocycles. The summed E-state index contributed by atoms with van der Waals surface area (Å²) in [6.07, 6.45) is 1.97. The predicted molar refractivity (Wildman–Crippen MR) is 58.1 cm³/mol. The minimum Gasteiger partial charge on any atom is -0.318 e. The van der Waals surface area contributed by atoms with Gasteiger partial charge in [-0.2, -0.15) is 11.8 Å². The first-order valence-electron chi connectivity index (χ1n) is 3.92. The van der Waals surface area contributed by atoms with Crippen LogP contribution in [-0.4, -0.2) is 11.2 Å². The van der Waals surface area contributed by atoms with Crippen LogP contribution in [0.4, 0.5) is 11.4 Å². The van der Waals surface area contributed by atoms with Crippen molar-refractivity contribution in [3.8, 4) is 0 Å². The number of benzene rings is 1. The fourth-order valence-electron chi connectivity index (χ4n) is 1.11. The number of thioether (sulfide) groups is 1. The quantitative estimate of drug-likeness (QED) is 0.452. The summed E-state index contributed by atoms with van der Waals surface area (Å²) in [7, 11) is 0. The second-order valence-corrected chi connectivity index (χ2v) is 3.55. The van der Waals surface area contributed by atoms with E-state index in [9.17, 15) is 10.1 Å². The molecule has 1 aromatic carbocycles. The van der Waals surface area contributed by atoms with E-state index in [1.807, 2.05) is 6.26 Å². The molecule has 0 saturated heterocycles. The molecule has 0 aliphatic carbocycles. The summed E-state index contributed by atoms with van der Waals surface area (Å²) in [6, 6.07) is 4.88. The SMILES string of the molecule is CSCc1ccc([N+](=O)[O-])c(NN)c1. The van der Waals surface area contributed by atoms with Crippen LogP contribution in [-0.2, 0) is 5.75 Å². The molecule has 0 spiro atoms. The molecule has 0 fully saturated rings. The molecule has 0 heterocycles. The number of nitrogens with one attached hydrogen (secondary N) is 1. The van der Waals surface area contributed by atoms with Gasteiger partial charge in [-0.1, -0.05) is 6.07 Å². The Labute approximate surface area is 85.8 Å². The third kappa shape index (κ3) is 2.36. The number of hydrazine groups is 1. The second-order valence-electron chi connectivity index (χ2n) is 2.69. The van der Waals surface area contributed by atoms with Gasteiger partial charge in [-0.15, -0.1) is 0 Å². The first-order valence-corrected chi connectivity index (χ1v) is 5.31. The van der Waals surface area contributed by atoms with E-state index in [0.717, 1.165) is 11.3 Å². The van der Waals surface area contributed by atoms with Crippen LogP contribution >= 0.6 is 11.8 Å². The predicted octanol–water partition coefficient (Wildman–Crippen LogP) is 1.74. The standard InChI is InChI=1S/C8H11N3O2S/c1-14-5-6-2-3-8(11(12)13)7(4-6)10-9/h2-4,10H,5,9H2,1H3. The van der Waals surface area contributed by atoms with E-state index in [0.29, 0.717) is 5.69 Å². The summed E-state index contributed by atoms with van der Waals surface area (Å²) in [5, 5.41) is 10.6. The molecule has 0 unspecified atom stereocenters. The van der Waals surface area contributed by atoms with Crippen LogP contribution in [0.15, 0.2) is 18.2 Å². The average Bonchev–Trinajstić information content (AvgIpc) is 2.17. The van der Waals surface area contributed by atoms with E-state index in [1.165, 1.54) is 6.07 Å². The zero-order valence-corrected chi connectivity index (χ0v) is 8.50. The lowest BCUT2D eigenvalue weighted by molar-refractivity contribution is -0.384. The summed E-state index contributed by atoms with van der Waals surface area (Å²) in [5.74, 6) is 6.00. The molecule has 0 aromatic heterocycles. The molecule has 6 heteroatoms. The van der Waals surface area contributed by atoms with E-state index in [4.69, 9.17) is 5.84 Å². The Morgan fingerprint density at radius 3 is 2.86 bits per heavy atom. The molecule has 0 aliphatic rings. The van der Waals surface area contributed by atoms with Crippen LogP contribution in [0.5, 0.6) is 0 Å². The molecule has 0 bridgehead atoms. The molecule has 76 valence electrons. The van der Waals surface area contributed by atoms with E-state index >= 15 is 0 Å². The number of hydrogen-bond donors (Lipinski definition) is 2. The molecule has 3 N–H and O–H groups in total. The number of rotatable bonds is 4. The minimum atomic E-state index is -0.460. The summed E-state index contributed by atoms with van der Waals surface area (Å²) in [4.78, 5) is 10.1. The molecule has 0 amide bonds. The fourth-order valence-corrected chi connectivity index (χ4v) is 1.63. The van der Waals surface area contributed by atoms with Crippen molar-refractivity contribution in [3.05, 3.63) is 33.9 Å². The van der Waals surface area contributed by atoms with Gasteiger partial charge in [0.15, 0.2) is 0 Å². The molecule has 0 aliphatic heterocycles. The average molecular weight is 213 g/mol. The fraction of sp³-hybridized carbons (Fsp3) is 0.250. The number of nitro groups is 1. The number of nitrogens with two attached hydrogens (primary N) is 1. The first kappa shape index (κ1) is 10.8. The lowest BCUT2D eigenvalue weighted by Crippen LogP contribution is -2.09. The largest absolute Gasteiger partial charge is 0.318 e. The zero-order chi connectivity index (χ0) is 10.6. The Kier molecular flexibility index (Phi) is 3.73. The van der Waals surface area contributed by atoms with Crippen molar-refractivity contribution in [3.63, 3.8) is 0 Å². The smallest absolute Gasteiger partial charge is 0.293 e. The maximum atomic E-state index is 10.6. The number of anilines is 1. The highest BCUT2D eigenvalue weighted by Crippen LogP contribution is 2.25. The van der Waals surface area contributed by atoms with E-state index in [1.54, 1.807) is 23.9 Å². The summed E-state index contributed by atoms with van der Waals surface area (Å²) in [5.41, 5.74) is 3.68. The van der Waals surface area contributed by atoms with Crippen molar-refractivity contribution in [1.82, 2.24) is 0 Å². The van der Waals surface area contributed by atoms with Gasteiger partial charge in [0.25, 0.3) is 5.69 Å². The Morgan fingerprint density at radius 1 is 1.64 bits per heavy atom. The zero-order valence-electron chi connectivity index (χ0n) is 7.69. The van der Waals surface area contributed by atoms with Gasteiger partial charge in [0.05, 0.1) is 4.92 Å². The van der Waals surface area contributed by atoms with Gasteiger partial charge in [0.2, 0.25) is 0 Å². The Balaban J connectivity index is 3.05. The van der Waals surface area contributed by atoms with Gasteiger partial charge in [-0.05, 0) is 17.9 Å². The number of nitrogens with zero attached hydrogens (tertiary/aromatic N) is 1. The first-order chi connectivity index (χ1) is 6.69. The van der Waals surface area contributed by atoms with Gasteiger partial charge < -0.3 is 5.43 Å². The minimum absolute atomic E-state index is 0.00245. The third-order valence-corrected chi connectivity index (χ3v) is 2.35. The van der Waals surface area contributed by atoms with Gasteiger partial charge in [0, 0.05) is 11.8 Å². The van der Waals surface area contributed by atoms with Gasteiger partial charge in [-0.3, -0.25) is 16.0 Å². The van der Waals surface area contributed by atoms with Crippen LogP contribution < -0.4 is 11.3 Å². The Bertz CT molecular complexity index is 343. The normalized spacial score (nSPS) is 9.86.